The summed E-state index contributed by atoms with van der Waals surface area (Å²) in [4.78, 5) is 41.9. The number of nitro benzene ring substituents is 1. The first-order chi connectivity index (χ1) is 15.8. The van der Waals surface area contributed by atoms with Crippen molar-refractivity contribution in [2.45, 2.75) is 6.92 Å². The van der Waals surface area contributed by atoms with Gasteiger partial charge in [0.15, 0.2) is 11.7 Å². The molecule has 0 aliphatic carbocycles. The van der Waals surface area contributed by atoms with Crippen LogP contribution in [0.3, 0.4) is 0 Å². The topological polar surface area (TPSA) is 129 Å². The number of carbonyl (C=O) groups excluding carboxylic acids is 2. The van der Waals surface area contributed by atoms with Gasteiger partial charge in [-0.25, -0.2) is 9.78 Å². The third-order valence-corrected chi connectivity index (χ3v) is 5.83. The van der Waals surface area contributed by atoms with Crippen molar-refractivity contribution in [3.05, 3.63) is 88.0 Å². The maximum absolute atomic E-state index is 13.2. The number of ether oxygens (including phenoxy) is 1. The summed E-state index contributed by atoms with van der Waals surface area (Å²) >= 11 is 1.33. The lowest BCUT2D eigenvalue weighted by atomic mass is 10.2. The number of hydrogen-bond acceptors (Lipinski definition) is 8. The van der Waals surface area contributed by atoms with E-state index in [0.717, 1.165) is 21.8 Å². The fourth-order valence-electron chi connectivity index (χ4n) is 3.11. The van der Waals surface area contributed by atoms with Gasteiger partial charge < -0.3 is 10.5 Å². The number of thiazole rings is 1. The number of nitro groups is 1. The molecule has 1 heterocycles. The van der Waals surface area contributed by atoms with E-state index in [4.69, 9.17) is 10.5 Å². The second-order valence-corrected chi connectivity index (χ2v) is 8.14. The fourth-order valence-corrected chi connectivity index (χ4v) is 4.12. The minimum absolute atomic E-state index is 0.0750. The van der Waals surface area contributed by atoms with Gasteiger partial charge in [-0.2, -0.15) is 0 Å². The van der Waals surface area contributed by atoms with Crippen LogP contribution >= 0.6 is 11.3 Å². The van der Waals surface area contributed by atoms with Crippen molar-refractivity contribution in [3.8, 4) is 0 Å². The molecule has 4 aromatic rings. The van der Waals surface area contributed by atoms with Gasteiger partial charge in [-0.05, 0) is 43.3 Å². The average molecular weight is 462 g/mol. The van der Waals surface area contributed by atoms with E-state index >= 15 is 0 Å². The quantitative estimate of drug-likeness (QED) is 0.192. The summed E-state index contributed by atoms with van der Waals surface area (Å²) in [6.45, 7) is 1.35. The zero-order valence-corrected chi connectivity index (χ0v) is 18.2. The monoisotopic (exact) mass is 462 g/mol. The first-order valence-electron chi connectivity index (χ1n) is 9.80. The normalized spacial score (nSPS) is 10.7. The Kier molecular flexibility index (Phi) is 6.01. The molecule has 0 saturated heterocycles. The smallest absolute Gasteiger partial charge is 0.338 e. The molecule has 0 fully saturated rings. The first-order valence-corrected chi connectivity index (χ1v) is 10.6. The lowest BCUT2D eigenvalue weighted by Crippen LogP contribution is -2.30. The molecule has 10 heteroatoms. The van der Waals surface area contributed by atoms with E-state index in [1.807, 2.05) is 43.3 Å². The molecule has 0 bridgehead atoms. The van der Waals surface area contributed by atoms with Crippen LogP contribution in [-0.4, -0.2) is 28.4 Å². The van der Waals surface area contributed by atoms with Gasteiger partial charge in [-0.3, -0.25) is 19.8 Å². The molecule has 0 saturated carbocycles. The van der Waals surface area contributed by atoms with Crippen LogP contribution in [0.1, 0.15) is 15.9 Å². The Labute approximate surface area is 192 Å². The molecular weight excluding hydrogens is 444 g/mol. The van der Waals surface area contributed by atoms with Crippen LogP contribution in [0.4, 0.5) is 22.2 Å². The molecule has 3 aromatic carbocycles. The number of nitrogens with zero attached hydrogens (tertiary/aromatic N) is 3. The van der Waals surface area contributed by atoms with Crippen LogP contribution in [0.15, 0.2) is 66.7 Å². The number of hydrogen-bond donors (Lipinski definition) is 1. The summed E-state index contributed by atoms with van der Waals surface area (Å²) in [6.07, 6.45) is 0. The molecule has 33 heavy (non-hydrogen) atoms. The summed E-state index contributed by atoms with van der Waals surface area (Å²) in [5.41, 5.74) is 7.34. The van der Waals surface area contributed by atoms with Crippen molar-refractivity contribution < 1.29 is 19.2 Å². The van der Waals surface area contributed by atoms with Crippen LogP contribution in [0.5, 0.6) is 0 Å². The summed E-state index contributed by atoms with van der Waals surface area (Å²) in [6, 6.07) is 18.4. The summed E-state index contributed by atoms with van der Waals surface area (Å²) in [7, 11) is 0. The highest BCUT2D eigenvalue weighted by molar-refractivity contribution is 7.22. The Morgan fingerprint density at radius 1 is 1.12 bits per heavy atom. The molecule has 1 amide bonds. The number of fused-ring (bicyclic) bond motifs is 1. The number of aryl methyl sites for hydroxylation is 1. The number of aromatic nitrogens is 1. The molecular formula is C23H18N4O5S. The van der Waals surface area contributed by atoms with Crippen molar-refractivity contribution in [3.63, 3.8) is 0 Å². The van der Waals surface area contributed by atoms with Crippen molar-refractivity contribution in [2.24, 2.45) is 0 Å². The molecule has 0 aliphatic rings. The van der Waals surface area contributed by atoms with Gasteiger partial charge in [-0.15, -0.1) is 0 Å². The van der Waals surface area contributed by atoms with Gasteiger partial charge in [0.2, 0.25) is 0 Å². The van der Waals surface area contributed by atoms with E-state index in [0.29, 0.717) is 10.8 Å². The molecule has 0 unspecified atom stereocenters. The van der Waals surface area contributed by atoms with Gasteiger partial charge in [0, 0.05) is 6.07 Å². The number of nitrogen functional groups attached to an aromatic ring is 1. The number of esters is 1. The molecule has 4 rings (SSSR count). The zero-order chi connectivity index (χ0) is 23.5. The minimum Gasteiger partial charge on any atom is -0.452 e. The number of rotatable bonds is 6. The first kappa shape index (κ1) is 21.9. The van der Waals surface area contributed by atoms with Crippen molar-refractivity contribution in [1.29, 1.82) is 0 Å². The Morgan fingerprint density at radius 2 is 1.85 bits per heavy atom. The average Bonchev–Trinajstić information content (AvgIpc) is 3.22. The number of para-hydroxylation sites is 1. The second kappa shape index (κ2) is 9.05. The van der Waals surface area contributed by atoms with Crippen molar-refractivity contribution >= 4 is 55.6 Å². The Morgan fingerprint density at radius 3 is 2.55 bits per heavy atom. The van der Waals surface area contributed by atoms with Gasteiger partial charge >= 0.3 is 5.97 Å². The Hall–Kier alpha value is -4.31. The largest absolute Gasteiger partial charge is 0.452 e. The van der Waals surface area contributed by atoms with E-state index in [9.17, 15) is 19.7 Å². The lowest BCUT2D eigenvalue weighted by Gasteiger charge is -2.20. The molecule has 2 N–H and O–H groups in total. The van der Waals surface area contributed by atoms with Gasteiger partial charge in [0.05, 0.1) is 26.4 Å². The van der Waals surface area contributed by atoms with Crippen LogP contribution in [0, 0.1) is 17.0 Å². The molecule has 1 aromatic heterocycles. The van der Waals surface area contributed by atoms with Crippen molar-refractivity contribution in [1.82, 2.24) is 4.98 Å². The van der Waals surface area contributed by atoms with Gasteiger partial charge in [0.25, 0.3) is 11.6 Å². The zero-order valence-electron chi connectivity index (χ0n) is 17.4. The SMILES string of the molecule is Cc1ccc(N(C(=O)COC(=O)c2ccc(N)c([N+](=O)[O-])c2)c2nc3ccccc3s2)cc1. The maximum atomic E-state index is 13.2. The molecule has 9 nitrogen and oxygen atoms in total. The predicted molar refractivity (Wildman–Crippen MR) is 126 cm³/mol. The third-order valence-electron chi connectivity index (χ3n) is 4.81. The summed E-state index contributed by atoms with van der Waals surface area (Å²) in [5.74, 6) is -1.39. The van der Waals surface area contributed by atoms with Crippen LogP contribution in [-0.2, 0) is 9.53 Å². The molecule has 0 radical (unpaired) electrons. The van der Waals surface area contributed by atoms with E-state index in [2.05, 4.69) is 4.98 Å². The number of carbonyl (C=O) groups is 2. The Bertz CT molecular complexity index is 1330. The van der Waals surface area contributed by atoms with E-state index in [1.165, 1.54) is 28.4 Å². The standard InChI is InChI=1S/C23H18N4O5S/c1-14-6-9-16(10-7-14)26(23-25-18-4-2-3-5-20(18)33-23)21(28)13-32-22(29)15-8-11-17(24)19(12-15)27(30)31/h2-12H,13,24H2,1H3. The number of amides is 1. The number of benzene rings is 3. The lowest BCUT2D eigenvalue weighted by molar-refractivity contribution is -0.383. The van der Waals surface area contributed by atoms with E-state index in [-0.39, 0.29) is 11.3 Å². The number of nitrogens with two attached hydrogens (primary N) is 1. The van der Waals surface area contributed by atoms with E-state index < -0.39 is 29.1 Å². The fraction of sp³-hybridized carbons (Fsp3) is 0.0870. The van der Waals surface area contributed by atoms with Crippen LogP contribution in [0.25, 0.3) is 10.2 Å². The molecule has 166 valence electrons. The summed E-state index contributed by atoms with van der Waals surface area (Å²) < 4.78 is 6.08. The van der Waals surface area contributed by atoms with Gasteiger partial charge in [-0.1, -0.05) is 41.2 Å². The highest BCUT2D eigenvalue weighted by Gasteiger charge is 2.24. The molecule has 0 spiro atoms. The van der Waals surface area contributed by atoms with Crippen LogP contribution < -0.4 is 10.6 Å². The van der Waals surface area contributed by atoms with Crippen LogP contribution in [0.2, 0.25) is 0 Å². The third kappa shape index (κ3) is 4.65. The van der Waals surface area contributed by atoms with E-state index in [1.54, 1.807) is 12.1 Å². The number of anilines is 3. The molecule has 0 atom stereocenters. The minimum atomic E-state index is -0.875. The predicted octanol–water partition coefficient (Wildman–Crippen LogP) is 4.62. The second-order valence-electron chi connectivity index (χ2n) is 7.14. The van der Waals surface area contributed by atoms with Crippen molar-refractivity contribution in [2.75, 3.05) is 17.2 Å². The maximum Gasteiger partial charge on any atom is 0.338 e. The highest BCUT2D eigenvalue weighted by Crippen LogP contribution is 2.33. The van der Waals surface area contributed by atoms with Gasteiger partial charge in [0.1, 0.15) is 5.69 Å². The Balaban J connectivity index is 1.59. The highest BCUT2D eigenvalue weighted by atomic mass is 32.1. The summed E-state index contributed by atoms with van der Waals surface area (Å²) in [5, 5.41) is 11.5. The molecule has 0 aliphatic heterocycles.